The molecule has 110 valence electrons. The highest BCUT2D eigenvalue weighted by Crippen LogP contribution is 2.13. The minimum absolute atomic E-state index is 0.207. The van der Waals surface area contributed by atoms with Crippen molar-refractivity contribution in [2.45, 2.75) is 26.3 Å². The van der Waals surface area contributed by atoms with Crippen molar-refractivity contribution >= 4 is 11.9 Å². The second kappa shape index (κ2) is 6.93. The second-order valence-electron chi connectivity index (χ2n) is 4.32. The van der Waals surface area contributed by atoms with Gasteiger partial charge < -0.3 is 10.1 Å². The quantitative estimate of drug-likeness (QED) is 0.660. The van der Waals surface area contributed by atoms with Crippen molar-refractivity contribution in [1.29, 1.82) is 0 Å². The average Bonchev–Trinajstić information content (AvgIpc) is 2.45. The van der Waals surface area contributed by atoms with Crippen LogP contribution in [0, 0.1) is 17.7 Å². The van der Waals surface area contributed by atoms with Crippen LogP contribution in [0.2, 0.25) is 0 Å². The van der Waals surface area contributed by atoms with Crippen molar-refractivity contribution in [3.8, 4) is 0 Å². The van der Waals surface area contributed by atoms with E-state index in [0.29, 0.717) is 6.42 Å². The summed E-state index contributed by atoms with van der Waals surface area (Å²) in [7, 11) is 1.19. The maximum absolute atomic E-state index is 13.5. The minimum atomic E-state index is -1.36. The lowest BCUT2D eigenvalue weighted by Crippen LogP contribution is -2.46. The van der Waals surface area contributed by atoms with Gasteiger partial charge in [0, 0.05) is 6.20 Å². The molecule has 1 N–H and O–H groups in total. The van der Waals surface area contributed by atoms with Gasteiger partial charge >= 0.3 is 5.97 Å². The summed E-state index contributed by atoms with van der Waals surface area (Å²) in [6.07, 6.45) is 1.58. The van der Waals surface area contributed by atoms with Gasteiger partial charge in [-0.2, -0.15) is 4.39 Å². The molecule has 0 aliphatic rings. The first-order valence-corrected chi connectivity index (χ1v) is 6.11. The Morgan fingerprint density at radius 3 is 2.65 bits per heavy atom. The molecule has 0 aliphatic heterocycles. The monoisotopic (exact) mass is 286 g/mol. The fourth-order valence-corrected chi connectivity index (χ4v) is 1.61. The first-order valence-electron chi connectivity index (χ1n) is 6.11. The molecule has 0 saturated heterocycles. The van der Waals surface area contributed by atoms with Crippen molar-refractivity contribution in [1.82, 2.24) is 10.3 Å². The van der Waals surface area contributed by atoms with Crippen molar-refractivity contribution in [2.75, 3.05) is 7.11 Å². The van der Waals surface area contributed by atoms with Gasteiger partial charge in [-0.15, -0.1) is 0 Å². The Labute approximate surface area is 115 Å². The molecule has 0 aromatic carbocycles. The number of aromatic nitrogens is 1. The number of pyridine rings is 1. The maximum atomic E-state index is 13.5. The number of nitrogens with one attached hydrogen (secondary N) is 1. The lowest BCUT2D eigenvalue weighted by Gasteiger charge is -2.21. The van der Waals surface area contributed by atoms with Gasteiger partial charge in [0.15, 0.2) is 5.82 Å². The summed E-state index contributed by atoms with van der Waals surface area (Å²) in [5.74, 6) is -4.45. The van der Waals surface area contributed by atoms with Gasteiger partial charge in [0.2, 0.25) is 5.95 Å². The van der Waals surface area contributed by atoms with Crippen LogP contribution >= 0.6 is 0 Å². The van der Waals surface area contributed by atoms with E-state index in [0.717, 1.165) is 12.3 Å². The number of carbonyl (C=O) groups is 2. The molecule has 20 heavy (non-hydrogen) atoms. The van der Waals surface area contributed by atoms with E-state index in [1.165, 1.54) is 7.11 Å². The topological polar surface area (TPSA) is 68.3 Å². The zero-order valence-electron chi connectivity index (χ0n) is 11.4. The second-order valence-corrected chi connectivity index (χ2v) is 4.32. The fraction of sp³-hybridized carbons (Fsp3) is 0.462. The molecule has 1 amide bonds. The molecule has 0 bridgehead atoms. The largest absolute Gasteiger partial charge is 0.467 e. The lowest BCUT2D eigenvalue weighted by molar-refractivity contribution is -0.144. The van der Waals surface area contributed by atoms with Gasteiger partial charge in [-0.25, -0.2) is 14.2 Å². The number of hydrogen-bond donors (Lipinski definition) is 1. The smallest absolute Gasteiger partial charge is 0.328 e. The third kappa shape index (κ3) is 3.49. The van der Waals surface area contributed by atoms with Crippen LogP contribution in [0.25, 0.3) is 0 Å². The van der Waals surface area contributed by atoms with Gasteiger partial charge in [0.1, 0.15) is 6.04 Å². The molecule has 1 aromatic rings. The average molecular weight is 286 g/mol. The van der Waals surface area contributed by atoms with Gasteiger partial charge in [-0.1, -0.05) is 20.3 Å². The predicted octanol–water partition coefficient (Wildman–Crippen LogP) is 1.68. The third-order valence-electron chi connectivity index (χ3n) is 3.05. The predicted molar refractivity (Wildman–Crippen MR) is 66.9 cm³/mol. The third-order valence-corrected chi connectivity index (χ3v) is 3.05. The Morgan fingerprint density at radius 1 is 1.45 bits per heavy atom. The first-order chi connectivity index (χ1) is 9.42. The standard InChI is InChI=1S/C13H16F2N2O3/c1-4-7(2)10(13(19)20-3)17-12(18)8-5-6-16-11(15)9(8)14/h5-7,10H,4H2,1-3H3,(H,17,18). The number of halogens is 2. The van der Waals surface area contributed by atoms with Crippen LogP contribution in [0.15, 0.2) is 12.3 Å². The molecule has 5 nitrogen and oxygen atoms in total. The highest BCUT2D eigenvalue weighted by molar-refractivity contribution is 5.96. The Kier molecular flexibility index (Phi) is 5.54. The van der Waals surface area contributed by atoms with Crippen molar-refractivity contribution in [3.05, 3.63) is 29.6 Å². The summed E-state index contributed by atoms with van der Waals surface area (Å²) in [4.78, 5) is 26.6. The molecule has 7 heteroatoms. The lowest BCUT2D eigenvalue weighted by atomic mass is 9.99. The zero-order chi connectivity index (χ0) is 15.3. The molecule has 0 saturated carbocycles. The molecular formula is C13H16F2N2O3. The van der Waals surface area contributed by atoms with Gasteiger partial charge in [-0.3, -0.25) is 4.79 Å². The van der Waals surface area contributed by atoms with E-state index in [-0.39, 0.29) is 5.92 Å². The van der Waals surface area contributed by atoms with Crippen LogP contribution < -0.4 is 5.32 Å². The Balaban J connectivity index is 2.96. The summed E-state index contributed by atoms with van der Waals surface area (Å²) >= 11 is 0. The molecule has 1 aromatic heterocycles. The number of methoxy groups -OCH3 is 1. The summed E-state index contributed by atoms with van der Waals surface area (Å²) in [5.41, 5.74) is -0.505. The number of carbonyl (C=O) groups excluding carboxylic acids is 2. The Morgan fingerprint density at radius 2 is 2.10 bits per heavy atom. The van der Waals surface area contributed by atoms with Crippen molar-refractivity contribution < 1.29 is 23.1 Å². The number of ether oxygens (including phenoxy) is 1. The van der Waals surface area contributed by atoms with Crippen LogP contribution in [0.3, 0.4) is 0 Å². The van der Waals surface area contributed by atoms with E-state index >= 15 is 0 Å². The number of rotatable bonds is 5. The molecule has 2 unspecified atom stereocenters. The summed E-state index contributed by atoms with van der Waals surface area (Å²) in [6, 6.07) is 0.117. The highest BCUT2D eigenvalue weighted by atomic mass is 19.2. The number of esters is 1. The molecule has 0 fully saturated rings. The molecule has 0 radical (unpaired) electrons. The van der Waals surface area contributed by atoms with Gasteiger partial charge in [0.25, 0.3) is 5.91 Å². The molecule has 2 atom stereocenters. The first kappa shape index (κ1) is 16.0. The molecule has 0 spiro atoms. The number of amides is 1. The maximum Gasteiger partial charge on any atom is 0.328 e. The van der Waals surface area contributed by atoms with Crippen LogP contribution in [-0.2, 0) is 9.53 Å². The van der Waals surface area contributed by atoms with E-state index in [2.05, 4.69) is 15.0 Å². The molecule has 1 heterocycles. The molecular weight excluding hydrogens is 270 g/mol. The van der Waals surface area contributed by atoms with Gasteiger partial charge in [-0.05, 0) is 12.0 Å². The van der Waals surface area contributed by atoms with Crippen LogP contribution in [-0.4, -0.2) is 30.0 Å². The highest BCUT2D eigenvalue weighted by Gasteiger charge is 2.28. The molecule has 0 aliphatic carbocycles. The van der Waals surface area contributed by atoms with E-state index < -0.39 is 35.2 Å². The SMILES string of the molecule is CCC(C)C(NC(=O)c1ccnc(F)c1F)C(=O)OC. The van der Waals surface area contributed by atoms with Crippen LogP contribution in [0.1, 0.15) is 30.6 Å². The van der Waals surface area contributed by atoms with Crippen molar-refractivity contribution in [3.63, 3.8) is 0 Å². The molecule has 1 rings (SSSR count). The van der Waals surface area contributed by atoms with E-state index in [4.69, 9.17) is 0 Å². The minimum Gasteiger partial charge on any atom is -0.467 e. The van der Waals surface area contributed by atoms with E-state index in [9.17, 15) is 18.4 Å². The summed E-state index contributed by atoms with van der Waals surface area (Å²) < 4.78 is 31.0. The van der Waals surface area contributed by atoms with Gasteiger partial charge in [0.05, 0.1) is 12.7 Å². The summed E-state index contributed by atoms with van der Waals surface area (Å²) in [6.45, 7) is 3.57. The Hall–Kier alpha value is -2.05. The number of hydrogen-bond acceptors (Lipinski definition) is 4. The zero-order valence-corrected chi connectivity index (χ0v) is 11.4. The Bertz CT molecular complexity index is 508. The van der Waals surface area contributed by atoms with Crippen LogP contribution in [0.5, 0.6) is 0 Å². The van der Waals surface area contributed by atoms with Crippen molar-refractivity contribution in [2.24, 2.45) is 5.92 Å². The normalized spacial score (nSPS) is 13.4. The number of nitrogens with zero attached hydrogens (tertiary/aromatic N) is 1. The fourth-order valence-electron chi connectivity index (χ4n) is 1.61. The van der Waals surface area contributed by atoms with E-state index in [1.54, 1.807) is 6.92 Å². The summed E-state index contributed by atoms with van der Waals surface area (Å²) in [5, 5.41) is 2.35. The van der Waals surface area contributed by atoms with Crippen LogP contribution in [0.4, 0.5) is 8.78 Å². The van der Waals surface area contributed by atoms with E-state index in [1.807, 2.05) is 6.92 Å².